The monoisotopic (exact) mass is 225 g/mol. The standard InChI is InChI=1S/C10H9ClFN3/c1-6-3-9(14-15(6)2)7-5-13-10(11)4-8(7)12/h3-5H,1-2H3. The molecule has 2 aromatic heterocycles. The molecular formula is C10H9ClFN3. The van der Waals surface area contributed by atoms with Crippen LogP contribution in [-0.2, 0) is 7.05 Å². The highest BCUT2D eigenvalue weighted by Gasteiger charge is 2.10. The summed E-state index contributed by atoms with van der Waals surface area (Å²) in [6.45, 7) is 1.90. The highest BCUT2D eigenvalue weighted by atomic mass is 35.5. The van der Waals surface area contributed by atoms with Crippen LogP contribution in [0.1, 0.15) is 5.69 Å². The number of halogens is 2. The quantitative estimate of drug-likeness (QED) is 0.699. The van der Waals surface area contributed by atoms with E-state index in [1.807, 2.05) is 6.92 Å². The predicted octanol–water partition coefficient (Wildman–Crippen LogP) is 2.58. The van der Waals surface area contributed by atoms with E-state index in [0.717, 1.165) is 5.69 Å². The highest BCUT2D eigenvalue weighted by molar-refractivity contribution is 6.29. The van der Waals surface area contributed by atoms with Crippen LogP contribution in [-0.4, -0.2) is 14.8 Å². The third-order valence-corrected chi connectivity index (χ3v) is 2.42. The number of hydrogen-bond acceptors (Lipinski definition) is 2. The summed E-state index contributed by atoms with van der Waals surface area (Å²) in [5, 5.41) is 4.31. The minimum absolute atomic E-state index is 0.143. The zero-order valence-corrected chi connectivity index (χ0v) is 9.09. The molecular weight excluding hydrogens is 217 g/mol. The van der Waals surface area contributed by atoms with Gasteiger partial charge in [0.25, 0.3) is 0 Å². The second kappa shape index (κ2) is 3.62. The Morgan fingerprint density at radius 3 is 2.67 bits per heavy atom. The molecule has 0 aliphatic heterocycles. The maximum Gasteiger partial charge on any atom is 0.137 e. The Hall–Kier alpha value is -1.42. The number of aromatic nitrogens is 3. The van der Waals surface area contributed by atoms with E-state index in [2.05, 4.69) is 10.1 Å². The molecule has 0 aromatic carbocycles. The number of rotatable bonds is 1. The fraction of sp³-hybridized carbons (Fsp3) is 0.200. The Kier molecular flexibility index (Phi) is 2.44. The SMILES string of the molecule is Cc1cc(-c2cnc(Cl)cc2F)nn1C. The summed E-state index contributed by atoms with van der Waals surface area (Å²) in [6.07, 6.45) is 1.39. The van der Waals surface area contributed by atoms with Crippen molar-refractivity contribution < 1.29 is 4.39 Å². The van der Waals surface area contributed by atoms with Crippen LogP contribution in [0.5, 0.6) is 0 Å². The molecule has 0 aliphatic rings. The van der Waals surface area contributed by atoms with Crippen LogP contribution in [0, 0.1) is 12.7 Å². The van der Waals surface area contributed by atoms with Crippen molar-refractivity contribution in [2.75, 3.05) is 0 Å². The van der Waals surface area contributed by atoms with E-state index in [4.69, 9.17) is 11.6 Å². The predicted molar refractivity (Wildman–Crippen MR) is 56.1 cm³/mol. The van der Waals surface area contributed by atoms with Crippen LogP contribution in [0.3, 0.4) is 0 Å². The van der Waals surface area contributed by atoms with Crippen molar-refractivity contribution in [1.82, 2.24) is 14.8 Å². The van der Waals surface area contributed by atoms with E-state index in [-0.39, 0.29) is 5.15 Å². The van der Waals surface area contributed by atoms with Gasteiger partial charge in [-0.2, -0.15) is 5.10 Å². The van der Waals surface area contributed by atoms with Gasteiger partial charge in [-0.05, 0) is 13.0 Å². The summed E-state index contributed by atoms with van der Waals surface area (Å²) >= 11 is 5.56. The average molecular weight is 226 g/mol. The van der Waals surface area contributed by atoms with Crippen molar-refractivity contribution in [2.45, 2.75) is 6.92 Å². The molecule has 0 saturated carbocycles. The van der Waals surface area contributed by atoms with Gasteiger partial charge in [0.15, 0.2) is 0 Å². The van der Waals surface area contributed by atoms with Gasteiger partial charge in [-0.25, -0.2) is 9.37 Å². The molecule has 3 nitrogen and oxygen atoms in total. The van der Waals surface area contributed by atoms with Gasteiger partial charge in [-0.3, -0.25) is 4.68 Å². The Morgan fingerprint density at radius 1 is 1.40 bits per heavy atom. The lowest BCUT2D eigenvalue weighted by Gasteiger charge is -1.98. The molecule has 78 valence electrons. The van der Waals surface area contributed by atoms with Gasteiger partial charge in [-0.15, -0.1) is 0 Å². The number of hydrogen-bond donors (Lipinski definition) is 0. The molecule has 0 amide bonds. The summed E-state index contributed by atoms with van der Waals surface area (Å²) in [5.74, 6) is -0.409. The van der Waals surface area contributed by atoms with Crippen molar-refractivity contribution in [2.24, 2.45) is 7.05 Å². The zero-order valence-electron chi connectivity index (χ0n) is 8.33. The minimum atomic E-state index is -0.409. The Bertz CT molecular complexity index is 488. The summed E-state index contributed by atoms with van der Waals surface area (Å²) in [7, 11) is 1.81. The first-order valence-electron chi connectivity index (χ1n) is 4.40. The van der Waals surface area contributed by atoms with E-state index in [1.54, 1.807) is 17.8 Å². The molecule has 0 aliphatic carbocycles. The van der Waals surface area contributed by atoms with Crippen molar-refractivity contribution >= 4 is 11.6 Å². The smallest absolute Gasteiger partial charge is 0.137 e. The van der Waals surface area contributed by atoms with E-state index in [0.29, 0.717) is 11.3 Å². The van der Waals surface area contributed by atoms with Gasteiger partial charge in [-0.1, -0.05) is 11.6 Å². The molecule has 0 N–H and O–H groups in total. The molecule has 2 rings (SSSR count). The van der Waals surface area contributed by atoms with Crippen LogP contribution < -0.4 is 0 Å². The first kappa shape index (κ1) is 10.1. The van der Waals surface area contributed by atoms with Crippen LogP contribution >= 0.6 is 11.6 Å². The number of pyridine rings is 1. The molecule has 0 spiro atoms. The largest absolute Gasteiger partial charge is 0.272 e. The Balaban J connectivity index is 2.54. The first-order chi connectivity index (χ1) is 7.08. The Labute approximate surface area is 91.5 Å². The van der Waals surface area contributed by atoms with Crippen molar-refractivity contribution in [3.63, 3.8) is 0 Å². The lowest BCUT2D eigenvalue weighted by Crippen LogP contribution is -1.93. The molecule has 0 saturated heterocycles. The van der Waals surface area contributed by atoms with E-state index >= 15 is 0 Å². The third-order valence-electron chi connectivity index (χ3n) is 2.21. The van der Waals surface area contributed by atoms with Crippen molar-refractivity contribution in [1.29, 1.82) is 0 Å². The van der Waals surface area contributed by atoms with Gasteiger partial charge in [0.05, 0.1) is 11.3 Å². The van der Waals surface area contributed by atoms with Gasteiger partial charge in [0.2, 0.25) is 0 Å². The molecule has 0 fully saturated rings. The second-order valence-corrected chi connectivity index (χ2v) is 3.67. The third kappa shape index (κ3) is 1.85. The highest BCUT2D eigenvalue weighted by Crippen LogP contribution is 2.22. The molecule has 0 bridgehead atoms. The minimum Gasteiger partial charge on any atom is -0.272 e. The maximum absolute atomic E-state index is 13.5. The summed E-state index contributed by atoms with van der Waals surface area (Å²) in [4.78, 5) is 3.83. The molecule has 0 atom stereocenters. The molecule has 2 aromatic rings. The number of aryl methyl sites for hydroxylation is 2. The van der Waals surface area contributed by atoms with Crippen molar-refractivity contribution in [3.8, 4) is 11.3 Å². The fourth-order valence-electron chi connectivity index (χ4n) is 1.29. The van der Waals surface area contributed by atoms with E-state index < -0.39 is 5.82 Å². The molecule has 5 heteroatoms. The zero-order chi connectivity index (χ0) is 11.0. The topological polar surface area (TPSA) is 30.7 Å². The van der Waals surface area contributed by atoms with Crippen LogP contribution in [0.4, 0.5) is 4.39 Å². The molecule has 0 unspecified atom stereocenters. The van der Waals surface area contributed by atoms with Crippen LogP contribution in [0.15, 0.2) is 18.3 Å². The van der Waals surface area contributed by atoms with Gasteiger partial charge < -0.3 is 0 Å². The second-order valence-electron chi connectivity index (χ2n) is 3.28. The van der Waals surface area contributed by atoms with Gasteiger partial charge >= 0.3 is 0 Å². The molecule has 15 heavy (non-hydrogen) atoms. The normalized spacial score (nSPS) is 10.7. The Morgan fingerprint density at radius 2 is 2.13 bits per heavy atom. The van der Waals surface area contributed by atoms with Crippen LogP contribution in [0.25, 0.3) is 11.3 Å². The molecule has 0 radical (unpaired) electrons. The number of nitrogens with zero attached hydrogens (tertiary/aromatic N) is 3. The van der Waals surface area contributed by atoms with E-state index in [1.165, 1.54) is 12.3 Å². The lowest BCUT2D eigenvalue weighted by atomic mass is 10.2. The van der Waals surface area contributed by atoms with Gasteiger partial charge in [0.1, 0.15) is 11.0 Å². The van der Waals surface area contributed by atoms with Gasteiger partial charge in [0, 0.05) is 25.0 Å². The first-order valence-corrected chi connectivity index (χ1v) is 4.78. The lowest BCUT2D eigenvalue weighted by molar-refractivity contribution is 0.627. The average Bonchev–Trinajstić information content (AvgIpc) is 2.46. The maximum atomic E-state index is 13.5. The summed E-state index contributed by atoms with van der Waals surface area (Å²) in [5.41, 5.74) is 1.89. The fourth-order valence-corrected chi connectivity index (χ4v) is 1.43. The van der Waals surface area contributed by atoms with Crippen molar-refractivity contribution in [3.05, 3.63) is 35.0 Å². The summed E-state index contributed by atoms with van der Waals surface area (Å²) in [6, 6.07) is 2.98. The summed E-state index contributed by atoms with van der Waals surface area (Å²) < 4.78 is 15.2. The van der Waals surface area contributed by atoms with E-state index in [9.17, 15) is 4.39 Å². The van der Waals surface area contributed by atoms with Crippen LogP contribution in [0.2, 0.25) is 5.15 Å². The molecule has 2 heterocycles.